The highest BCUT2D eigenvalue weighted by molar-refractivity contribution is 4.75. The van der Waals surface area contributed by atoms with E-state index in [1.807, 2.05) is 0 Å². The number of rotatable bonds is 8. The molecular weight excluding hydrogens is 236 g/mol. The van der Waals surface area contributed by atoms with Crippen LogP contribution in [-0.4, -0.2) is 49.8 Å². The van der Waals surface area contributed by atoms with Crippen molar-refractivity contribution in [3.63, 3.8) is 0 Å². The molecule has 1 aliphatic carbocycles. The van der Waals surface area contributed by atoms with Crippen LogP contribution in [0.2, 0.25) is 0 Å². The molecule has 1 unspecified atom stereocenters. The number of nitrogens with zero attached hydrogens (tertiary/aromatic N) is 1. The lowest BCUT2D eigenvalue weighted by Gasteiger charge is -2.32. The van der Waals surface area contributed by atoms with Gasteiger partial charge in [0.15, 0.2) is 0 Å². The third-order valence-electron chi connectivity index (χ3n) is 4.46. The SMILES string of the molecule is CCCOC1CCCN(CCCNC2CCCC2)C1. The van der Waals surface area contributed by atoms with Crippen LogP contribution in [0.15, 0.2) is 0 Å². The molecule has 0 aromatic carbocycles. The predicted molar refractivity (Wildman–Crippen MR) is 80.6 cm³/mol. The minimum atomic E-state index is 0.497. The first-order chi connectivity index (χ1) is 9.38. The van der Waals surface area contributed by atoms with E-state index < -0.39 is 0 Å². The number of likely N-dealkylation sites (tertiary alicyclic amines) is 1. The third kappa shape index (κ3) is 5.80. The highest BCUT2D eigenvalue weighted by Crippen LogP contribution is 2.17. The summed E-state index contributed by atoms with van der Waals surface area (Å²) >= 11 is 0. The minimum Gasteiger partial charge on any atom is -0.377 e. The summed E-state index contributed by atoms with van der Waals surface area (Å²) in [6, 6.07) is 0.821. The largest absolute Gasteiger partial charge is 0.377 e. The zero-order valence-corrected chi connectivity index (χ0v) is 12.7. The zero-order chi connectivity index (χ0) is 13.3. The smallest absolute Gasteiger partial charge is 0.0702 e. The van der Waals surface area contributed by atoms with Gasteiger partial charge in [-0.05, 0) is 58.2 Å². The molecule has 1 atom stereocenters. The molecule has 1 saturated heterocycles. The first kappa shape index (κ1) is 15.3. The van der Waals surface area contributed by atoms with E-state index in [1.165, 1.54) is 64.6 Å². The van der Waals surface area contributed by atoms with E-state index in [1.54, 1.807) is 0 Å². The first-order valence-corrected chi connectivity index (χ1v) is 8.46. The van der Waals surface area contributed by atoms with Crippen LogP contribution >= 0.6 is 0 Å². The fourth-order valence-corrected chi connectivity index (χ4v) is 3.38. The Morgan fingerprint density at radius 3 is 2.79 bits per heavy atom. The van der Waals surface area contributed by atoms with Crippen molar-refractivity contribution in [2.75, 3.05) is 32.8 Å². The molecule has 1 N–H and O–H groups in total. The van der Waals surface area contributed by atoms with Crippen molar-refractivity contribution in [1.29, 1.82) is 0 Å². The Labute approximate surface area is 119 Å². The lowest BCUT2D eigenvalue weighted by atomic mass is 10.1. The zero-order valence-electron chi connectivity index (χ0n) is 12.7. The Morgan fingerprint density at radius 2 is 2.00 bits per heavy atom. The predicted octanol–water partition coefficient (Wildman–Crippen LogP) is 2.80. The highest BCUT2D eigenvalue weighted by atomic mass is 16.5. The number of nitrogens with one attached hydrogen (secondary N) is 1. The van der Waals surface area contributed by atoms with Crippen LogP contribution < -0.4 is 5.32 Å². The summed E-state index contributed by atoms with van der Waals surface area (Å²) in [5, 5.41) is 3.71. The molecule has 2 rings (SSSR count). The van der Waals surface area contributed by atoms with E-state index in [4.69, 9.17) is 4.74 Å². The summed E-state index contributed by atoms with van der Waals surface area (Å²) in [5.74, 6) is 0. The molecule has 1 heterocycles. The molecule has 2 aliphatic rings. The average molecular weight is 268 g/mol. The van der Waals surface area contributed by atoms with Gasteiger partial charge in [0.1, 0.15) is 0 Å². The van der Waals surface area contributed by atoms with E-state index in [-0.39, 0.29) is 0 Å². The molecule has 3 heteroatoms. The molecule has 0 bridgehead atoms. The summed E-state index contributed by atoms with van der Waals surface area (Å²) in [5.41, 5.74) is 0. The first-order valence-electron chi connectivity index (χ1n) is 8.46. The summed E-state index contributed by atoms with van der Waals surface area (Å²) in [6.07, 6.45) is 11.2. The fraction of sp³-hybridized carbons (Fsp3) is 1.00. The van der Waals surface area contributed by atoms with Crippen molar-refractivity contribution >= 4 is 0 Å². The van der Waals surface area contributed by atoms with Gasteiger partial charge in [-0.25, -0.2) is 0 Å². The van der Waals surface area contributed by atoms with E-state index in [2.05, 4.69) is 17.1 Å². The van der Waals surface area contributed by atoms with Crippen molar-refractivity contribution in [3.05, 3.63) is 0 Å². The number of ether oxygens (including phenoxy) is 1. The van der Waals surface area contributed by atoms with Crippen molar-refractivity contribution in [2.24, 2.45) is 0 Å². The lowest BCUT2D eigenvalue weighted by molar-refractivity contribution is -0.000219. The van der Waals surface area contributed by atoms with Crippen molar-refractivity contribution in [3.8, 4) is 0 Å². The normalized spacial score (nSPS) is 26.1. The maximum absolute atomic E-state index is 5.89. The molecule has 112 valence electrons. The van der Waals surface area contributed by atoms with Crippen LogP contribution in [0.1, 0.15) is 58.3 Å². The van der Waals surface area contributed by atoms with Crippen LogP contribution in [-0.2, 0) is 4.74 Å². The number of hydrogen-bond acceptors (Lipinski definition) is 3. The molecule has 3 nitrogen and oxygen atoms in total. The van der Waals surface area contributed by atoms with Gasteiger partial charge in [-0.2, -0.15) is 0 Å². The summed E-state index contributed by atoms with van der Waals surface area (Å²) in [7, 11) is 0. The van der Waals surface area contributed by atoms with Crippen LogP contribution in [0.3, 0.4) is 0 Å². The van der Waals surface area contributed by atoms with Gasteiger partial charge in [0.25, 0.3) is 0 Å². The van der Waals surface area contributed by atoms with Gasteiger partial charge in [0.2, 0.25) is 0 Å². The van der Waals surface area contributed by atoms with Crippen LogP contribution in [0.25, 0.3) is 0 Å². The Kier molecular flexibility index (Phi) is 7.18. The summed E-state index contributed by atoms with van der Waals surface area (Å²) in [6.45, 7) is 7.99. The molecule has 0 radical (unpaired) electrons. The van der Waals surface area contributed by atoms with Crippen LogP contribution in [0.4, 0.5) is 0 Å². The Morgan fingerprint density at radius 1 is 1.16 bits per heavy atom. The van der Waals surface area contributed by atoms with E-state index in [0.29, 0.717) is 6.10 Å². The molecular formula is C16H32N2O. The Balaban J connectivity index is 1.52. The van der Waals surface area contributed by atoms with Gasteiger partial charge < -0.3 is 15.0 Å². The van der Waals surface area contributed by atoms with Crippen molar-refractivity contribution < 1.29 is 4.74 Å². The maximum atomic E-state index is 5.89. The second-order valence-corrected chi connectivity index (χ2v) is 6.22. The topological polar surface area (TPSA) is 24.5 Å². The van der Waals surface area contributed by atoms with E-state index in [9.17, 15) is 0 Å². The standard InChI is InChI=1S/C16H32N2O/c1-2-13-19-16-9-5-11-18(14-16)12-6-10-17-15-7-3-4-8-15/h15-17H,2-14H2,1H3. The minimum absolute atomic E-state index is 0.497. The average Bonchev–Trinajstić information content (AvgIpc) is 2.95. The van der Waals surface area contributed by atoms with Gasteiger partial charge in [0, 0.05) is 19.2 Å². The number of hydrogen-bond donors (Lipinski definition) is 1. The number of piperidine rings is 1. The van der Waals surface area contributed by atoms with E-state index >= 15 is 0 Å². The molecule has 0 aromatic rings. The van der Waals surface area contributed by atoms with Crippen molar-refractivity contribution in [2.45, 2.75) is 70.4 Å². The molecule has 0 spiro atoms. The maximum Gasteiger partial charge on any atom is 0.0702 e. The molecule has 1 aliphatic heterocycles. The van der Waals surface area contributed by atoms with Gasteiger partial charge in [0.05, 0.1) is 6.10 Å². The van der Waals surface area contributed by atoms with Gasteiger partial charge in [-0.3, -0.25) is 0 Å². The molecule has 1 saturated carbocycles. The molecule has 19 heavy (non-hydrogen) atoms. The highest BCUT2D eigenvalue weighted by Gasteiger charge is 2.20. The Hall–Kier alpha value is -0.120. The second-order valence-electron chi connectivity index (χ2n) is 6.22. The molecule has 0 aromatic heterocycles. The second kappa shape index (κ2) is 8.93. The lowest BCUT2D eigenvalue weighted by Crippen LogP contribution is -2.41. The fourth-order valence-electron chi connectivity index (χ4n) is 3.38. The Bertz CT molecular complexity index is 229. The van der Waals surface area contributed by atoms with Gasteiger partial charge >= 0.3 is 0 Å². The van der Waals surface area contributed by atoms with Crippen molar-refractivity contribution in [1.82, 2.24) is 10.2 Å². The quantitative estimate of drug-likeness (QED) is 0.685. The van der Waals surface area contributed by atoms with Gasteiger partial charge in [-0.15, -0.1) is 0 Å². The molecule has 2 fully saturated rings. The monoisotopic (exact) mass is 268 g/mol. The summed E-state index contributed by atoms with van der Waals surface area (Å²) in [4.78, 5) is 2.60. The third-order valence-corrected chi connectivity index (χ3v) is 4.46. The van der Waals surface area contributed by atoms with E-state index in [0.717, 1.165) is 25.6 Å². The van der Waals surface area contributed by atoms with Gasteiger partial charge in [-0.1, -0.05) is 19.8 Å². The van der Waals surface area contributed by atoms with Crippen LogP contribution in [0, 0.1) is 0 Å². The summed E-state index contributed by atoms with van der Waals surface area (Å²) < 4.78 is 5.89. The molecule has 0 amide bonds. The van der Waals surface area contributed by atoms with Crippen LogP contribution in [0.5, 0.6) is 0 Å².